The van der Waals surface area contributed by atoms with Crippen molar-refractivity contribution in [2.45, 2.75) is 57.5 Å². The standard InChI is InChI=1S/C16H28N4/c1-3-20(4-2)16(9-5-6-10-16)15(19-17)12-14-8-7-11-18-13-14/h7-8,11,13,15,19H,3-6,9-10,12,17H2,1-2H3. The molecular weight excluding hydrogens is 248 g/mol. The van der Waals surface area contributed by atoms with E-state index in [0.717, 1.165) is 19.5 Å². The minimum absolute atomic E-state index is 0.202. The van der Waals surface area contributed by atoms with Crippen LogP contribution in [-0.2, 0) is 6.42 Å². The molecule has 1 aromatic rings. The third-order valence-electron chi connectivity index (χ3n) is 4.88. The van der Waals surface area contributed by atoms with Gasteiger partial charge in [-0.1, -0.05) is 32.8 Å². The number of hydrogen-bond donors (Lipinski definition) is 2. The Morgan fingerprint density at radius 1 is 1.35 bits per heavy atom. The van der Waals surface area contributed by atoms with E-state index in [1.54, 1.807) is 0 Å². The van der Waals surface area contributed by atoms with E-state index in [-0.39, 0.29) is 11.6 Å². The Labute approximate surface area is 122 Å². The van der Waals surface area contributed by atoms with E-state index in [1.165, 1.54) is 31.2 Å². The third-order valence-corrected chi connectivity index (χ3v) is 4.88. The van der Waals surface area contributed by atoms with Crippen LogP contribution in [0, 0.1) is 0 Å². The molecule has 4 nitrogen and oxygen atoms in total. The first-order chi connectivity index (χ1) is 9.76. The molecule has 1 saturated carbocycles. The molecule has 3 N–H and O–H groups in total. The van der Waals surface area contributed by atoms with E-state index < -0.39 is 0 Å². The number of hydrazine groups is 1. The van der Waals surface area contributed by atoms with Gasteiger partial charge < -0.3 is 0 Å². The number of nitrogens with two attached hydrogens (primary N) is 1. The molecule has 0 aromatic carbocycles. The summed E-state index contributed by atoms with van der Waals surface area (Å²) in [6.45, 7) is 6.67. The summed E-state index contributed by atoms with van der Waals surface area (Å²) >= 11 is 0. The van der Waals surface area contributed by atoms with Gasteiger partial charge in [0.2, 0.25) is 0 Å². The molecule has 0 bridgehead atoms. The molecule has 1 aromatic heterocycles. The zero-order chi connectivity index (χ0) is 14.4. The summed E-state index contributed by atoms with van der Waals surface area (Å²) in [7, 11) is 0. The fraction of sp³-hybridized carbons (Fsp3) is 0.688. The Kier molecular flexibility index (Phi) is 5.52. The van der Waals surface area contributed by atoms with Crippen molar-refractivity contribution in [3.63, 3.8) is 0 Å². The third kappa shape index (κ3) is 3.03. The maximum absolute atomic E-state index is 5.94. The summed E-state index contributed by atoms with van der Waals surface area (Å²) in [5.41, 5.74) is 4.57. The van der Waals surface area contributed by atoms with Crippen molar-refractivity contribution in [3.8, 4) is 0 Å². The molecule has 1 fully saturated rings. The lowest BCUT2D eigenvalue weighted by atomic mass is 9.83. The predicted octanol–water partition coefficient (Wildman–Crippen LogP) is 2.11. The summed E-state index contributed by atoms with van der Waals surface area (Å²) in [6, 6.07) is 4.43. The summed E-state index contributed by atoms with van der Waals surface area (Å²) in [5.74, 6) is 5.94. The number of nitrogens with zero attached hydrogens (tertiary/aromatic N) is 2. The number of likely N-dealkylation sites (N-methyl/N-ethyl adjacent to an activating group) is 1. The highest BCUT2D eigenvalue weighted by Crippen LogP contribution is 2.38. The van der Waals surface area contributed by atoms with Gasteiger partial charge in [-0.3, -0.25) is 21.2 Å². The molecule has 0 aliphatic heterocycles. The molecule has 1 atom stereocenters. The van der Waals surface area contributed by atoms with Crippen LogP contribution in [0.3, 0.4) is 0 Å². The average Bonchev–Trinajstić information content (AvgIpc) is 2.97. The maximum Gasteiger partial charge on any atom is 0.0435 e. The lowest BCUT2D eigenvalue weighted by Gasteiger charge is -2.46. The zero-order valence-electron chi connectivity index (χ0n) is 12.8. The van der Waals surface area contributed by atoms with Gasteiger partial charge in [0, 0.05) is 24.0 Å². The molecule has 4 heteroatoms. The van der Waals surface area contributed by atoms with Gasteiger partial charge in [-0.2, -0.15) is 0 Å². The quantitative estimate of drug-likeness (QED) is 0.591. The summed E-state index contributed by atoms with van der Waals surface area (Å²) < 4.78 is 0. The van der Waals surface area contributed by atoms with Crippen LogP contribution in [0.5, 0.6) is 0 Å². The second kappa shape index (κ2) is 7.16. The number of nitrogens with one attached hydrogen (secondary N) is 1. The highest BCUT2D eigenvalue weighted by atomic mass is 15.3. The second-order valence-electron chi connectivity index (χ2n) is 5.77. The Morgan fingerprint density at radius 3 is 2.55 bits per heavy atom. The molecule has 20 heavy (non-hydrogen) atoms. The highest BCUT2D eigenvalue weighted by molar-refractivity contribution is 5.14. The van der Waals surface area contributed by atoms with Crippen molar-refractivity contribution in [2.24, 2.45) is 5.84 Å². The van der Waals surface area contributed by atoms with Crippen molar-refractivity contribution < 1.29 is 0 Å². The Balaban J connectivity index is 2.21. The molecule has 1 aliphatic rings. The monoisotopic (exact) mass is 276 g/mol. The van der Waals surface area contributed by atoms with Crippen molar-refractivity contribution in [3.05, 3.63) is 30.1 Å². The minimum Gasteiger partial charge on any atom is -0.297 e. The van der Waals surface area contributed by atoms with Gasteiger partial charge in [0.1, 0.15) is 0 Å². The lowest BCUT2D eigenvalue weighted by molar-refractivity contribution is 0.0629. The van der Waals surface area contributed by atoms with Gasteiger partial charge in [-0.05, 0) is 44.0 Å². The van der Waals surface area contributed by atoms with Crippen LogP contribution in [0.4, 0.5) is 0 Å². The van der Waals surface area contributed by atoms with Crippen LogP contribution in [-0.4, -0.2) is 34.6 Å². The van der Waals surface area contributed by atoms with Crippen LogP contribution >= 0.6 is 0 Å². The van der Waals surface area contributed by atoms with Gasteiger partial charge in [0.05, 0.1) is 0 Å². The first-order valence-electron chi connectivity index (χ1n) is 7.87. The van der Waals surface area contributed by atoms with E-state index in [2.05, 4.69) is 35.2 Å². The lowest BCUT2D eigenvalue weighted by Crippen LogP contribution is -2.62. The first-order valence-corrected chi connectivity index (χ1v) is 7.87. The molecule has 0 amide bonds. The van der Waals surface area contributed by atoms with Crippen molar-refractivity contribution >= 4 is 0 Å². The number of aromatic nitrogens is 1. The molecule has 1 unspecified atom stereocenters. The highest BCUT2D eigenvalue weighted by Gasteiger charge is 2.44. The van der Waals surface area contributed by atoms with Gasteiger partial charge >= 0.3 is 0 Å². The van der Waals surface area contributed by atoms with E-state index >= 15 is 0 Å². The van der Waals surface area contributed by atoms with Crippen LogP contribution in [0.15, 0.2) is 24.5 Å². The number of rotatable bonds is 7. The van der Waals surface area contributed by atoms with Crippen molar-refractivity contribution in [2.75, 3.05) is 13.1 Å². The Hall–Kier alpha value is -0.970. The number of pyridine rings is 1. The molecule has 112 valence electrons. The molecule has 0 saturated heterocycles. The molecular formula is C16H28N4. The van der Waals surface area contributed by atoms with Crippen molar-refractivity contribution in [1.82, 2.24) is 15.3 Å². The fourth-order valence-electron chi connectivity index (χ4n) is 3.88. The Bertz CT molecular complexity index is 383. The minimum atomic E-state index is 0.202. The van der Waals surface area contributed by atoms with E-state index in [0.29, 0.717) is 0 Å². The first kappa shape index (κ1) is 15.4. The van der Waals surface area contributed by atoms with Crippen LogP contribution < -0.4 is 11.3 Å². The molecule has 1 heterocycles. The maximum atomic E-state index is 5.94. The largest absolute Gasteiger partial charge is 0.297 e. The van der Waals surface area contributed by atoms with Gasteiger partial charge in [0.25, 0.3) is 0 Å². The smallest absolute Gasteiger partial charge is 0.0435 e. The predicted molar refractivity (Wildman–Crippen MR) is 83.2 cm³/mol. The summed E-state index contributed by atoms with van der Waals surface area (Å²) in [4.78, 5) is 6.82. The molecule has 0 spiro atoms. The van der Waals surface area contributed by atoms with Crippen molar-refractivity contribution in [1.29, 1.82) is 0 Å². The van der Waals surface area contributed by atoms with E-state index in [1.807, 2.05) is 18.5 Å². The van der Waals surface area contributed by atoms with Crippen LogP contribution in [0.25, 0.3) is 0 Å². The SMILES string of the molecule is CCN(CC)C1(C(Cc2cccnc2)NN)CCCC1. The fourth-order valence-corrected chi connectivity index (χ4v) is 3.88. The van der Waals surface area contributed by atoms with Gasteiger partial charge in [0.15, 0.2) is 0 Å². The summed E-state index contributed by atoms with van der Waals surface area (Å²) in [5, 5.41) is 0. The topological polar surface area (TPSA) is 54.2 Å². The van der Waals surface area contributed by atoms with Crippen LogP contribution in [0.1, 0.15) is 45.1 Å². The zero-order valence-corrected chi connectivity index (χ0v) is 12.8. The van der Waals surface area contributed by atoms with E-state index in [9.17, 15) is 0 Å². The molecule has 2 rings (SSSR count). The molecule has 1 aliphatic carbocycles. The second-order valence-corrected chi connectivity index (χ2v) is 5.77. The van der Waals surface area contributed by atoms with Gasteiger partial charge in [-0.15, -0.1) is 0 Å². The Morgan fingerprint density at radius 2 is 2.05 bits per heavy atom. The summed E-state index contributed by atoms with van der Waals surface area (Å²) in [6.07, 6.45) is 9.82. The number of hydrogen-bond acceptors (Lipinski definition) is 4. The average molecular weight is 276 g/mol. The normalized spacial score (nSPS) is 19.4. The van der Waals surface area contributed by atoms with Gasteiger partial charge in [-0.25, -0.2) is 0 Å². The van der Waals surface area contributed by atoms with E-state index in [4.69, 9.17) is 5.84 Å². The molecule has 0 radical (unpaired) electrons. The van der Waals surface area contributed by atoms with Crippen LogP contribution in [0.2, 0.25) is 0 Å².